The van der Waals surface area contributed by atoms with Gasteiger partial charge in [0.2, 0.25) is 0 Å². The summed E-state index contributed by atoms with van der Waals surface area (Å²) in [6, 6.07) is 8.00. The maximum absolute atomic E-state index is 14.3. The molecule has 2 aliphatic rings. The minimum absolute atomic E-state index is 0.115. The van der Waals surface area contributed by atoms with Crippen LogP contribution in [0.3, 0.4) is 0 Å². The van der Waals surface area contributed by atoms with Crippen LogP contribution in [0.1, 0.15) is 36.8 Å². The number of carbonyl (C=O) groups is 2. The second-order valence-corrected chi connectivity index (χ2v) is 10.0. The van der Waals surface area contributed by atoms with E-state index in [2.05, 4.69) is 21.6 Å². The Bertz CT molecular complexity index is 1290. The first kappa shape index (κ1) is 32.8. The number of anilines is 1. The van der Waals surface area contributed by atoms with Crippen LogP contribution < -0.4 is 20.1 Å². The van der Waals surface area contributed by atoms with Gasteiger partial charge < -0.3 is 30.1 Å². The Morgan fingerprint density at radius 2 is 1.67 bits per heavy atom. The van der Waals surface area contributed by atoms with E-state index in [0.29, 0.717) is 30.4 Å². The Balaban J connectivity index is 0.000000616. The third kappa shape index (κ3) is 7.17. The van der Waals surface area contributed by atoms with Gasteiger partial charge in [0, 0.05) is 17.5 Å². The number of aliphatic carboxylic acids is 1. The first-order chi connectivity index (χ1) is 19.5. The fourth-order valence-electron chi connectivity index (χ4n) is 5.59. The zero-order valence-corrected chi connectivity index (χ0v) is 22.8. The highest BCUT2D eigenvalue weighted by atomic mass is 19.4. The Kier molecular flexibility index (Phi) is 9.85. The van der Waals surface area contributed by atoms with E-state index in [9.17, 15) is 35.5 Å². The van der Waals surface area contributed by atoms with Crippen molar-refractivity contribution in [2.45, 2.75) is 55.5 Å². The Morgan fingerprint density at radius 1 is 1.02 bits per heavy atom. The second kappa shape index (κ2) is 12.6. The zero-order chi connectivity index (χ0) is 31.5. The van der Waals surface area contributed by atoms with Gasteiger partial charge in [-0.1, -0.05) is 12.1 Å². The molecule has 0 aromatic heterocycles. The molecule has 8 nitrogen and oxygen atoms in total. The van der Waals surface area contributed by atoms with Crippen LogP contribution in [0, 0.1) is 5.82 Å². The Morgan fingerprint density at radius 3 is 2.24 bits per heavy atom. The monoisotopic (exact) mass is 609 g/mol. The fourth-order valence-corrected chi connectivity index (χ4v) is 5.59. The van der Waals surface area contributed by atoms with E-state index in [1.165, 1.54) is 0 Å². The number of hydrogen-bond acceptors (Lipinski definition) is 5. The van der Waals surface area contributed by atoms with E-state index in [1.54, 1.807) is 14.2 Å². The molecule has 42 heavy (non-hydrogen) atoms. The standard InChI is InChI=1S/C25H29F4N3O3.C2HF3O2/c1-32-12-11-24(15-7-8-19(34-2)20(13-15)35-3)10-9-16(14-21(24)32)30-23(33)31-18-6-4-5-17(22(18)26)25(27,28)29;3-2(4,5)1(6)7/h4-8,13,16,21H,9-12,14H2,1-3H3,(H2,30,31,33);(H,6,7)/t16-,21+,24+;/m1./s1. The Labute approximate surface area is 236 Å². The third-order valence-corrected chi connectivity index (χ3v) is 7.62. The molecule has 0 radical (unpaired) electrons. The molecule has 3 N–H and O–H groups in total. The van der Waals surface area contributed by atoms with Crippen molar-refractivity contribution in [3.63, 3.8) is 0 Å². The molecule has 1 aliphatic heterocycles. The van der Waals surface area contributed by atoms with Crippen LogP contribution in [0.4, 0.5) is 41.2 Å². The van der Waals surface area contributed by atoms with Crippen molar-refractivity contribution in [3.8, 4) is 11.5 Å². The molecule has 4 rings (SSSR count). The fraction of sp³-hybridized carbons (Fsp3) is 0.481. The zero-order valence-electron chi connectivity index (χ0n) is 22.8. The summed E-state index contributed by atoms with van der Waals surface area (Å²) in [6.45, 7) is 0.896. The summed E-state index contributed by atoms with van der Waals surface area (Å²) in [5, 5.41) is 12.2. The van der Waals surface area contributed by atoms with Gasteiger partial charge in [0.15, 0.2) is 17.3 Å². The van der Waals surface area contributed by atoms with Crippen molar-refractivity contribution in [1.82, 2.24) is 10.2 Å². The number of carboxylic acids is 1. The first-order valence-electron chi connectivity index (χ1n) is 12.7. The molecule has 15 heteroatoms. The van der Waals surface area contributed by atoms with Crippen LogP contribution in [-0.4, -0.2) is 68.1 Å². The summed E-state index contributed by atoms with van der Waals surface area (Å²) in [6.07, 6.45) is -6.83. The third-order valence-electron chi connectivity index (χ3n) is 7.62. The number of amides is 2. The molecule has 0 bridgehead atoms. The number of carboxylic acid groups (broad SMARTS) is 1. The minimum Gasteiger partial charge on any atom is -0.493 e. The average molecular weight is 610 g/mol. The lowest BCUT2D eigenvalue weighted by atomic mass is 9.65. The number of carbonyl (C=O) groups excluding carboxylic acids is 1. The van der Waals surface area contributed by atoms with Crippen LogP contribution in [0.25, 0.3) is 0 Å². The predicted octanol–water partition coefficient (Wildman–Crippen LogP) is 5.81. The van der Waals surface area contributed by atoms with Crippen molar-refractivity contribution in [3.05, 3.63) is 53.3 Å². The molecule has 2 fully saturated rings. The summed E-state index contributed by atoms with van der Waals surface area (Å²) in [5.41, 5.74) is -0.889. The van der Waals surface area contributed by atoms with Gasteiger partial charge in [0.25, 0.3) is 0 Å². The molecule has 1 saturated heterocycles. The maximum Gasteiger partial charge on any atom is 0.490 e. The largest absolute Gasteiger partial charge is 0.493 e. The van der Waals surface area contributed by atoms with E-state index in [0.717, 1.165) is 37.1 Å². The van der Waals surface area contributed by atoms with Crippen LogP contribution in [-0.2, 0) is 16.4 Å². The van der Waals surface area contributed by atoms with Crippen LogP contribution in [0.5, 0.6) is 11.5 Å². The van der Waals surface area contributed by atoms with Crippen molar-refractivity contribution in [2.24, 2.45) is 0 Å². The number of nitrogens with one attached hydrogen (secondary N) is 2. The molecule has 0 spiro atoms. The van der Waals surface area contributed by atoms with Gasteiger partial charge in [0.05, 0.1) is 25.5 Å². The molecule has 1 saturated carbocycles. The average Bonchev–Trinajstić information content (AvgIpc) is 3.25. The number of rotatable bonds is 5. The molecular weight excluding hydrogens is 579 g/mol. The maximum atomic E-state index is 14.3. The molecule has 3 atom stereocenters. The molecular formula is C27H30F7N3O5. The summed E-state index contributed by atoms with van der Waals surface area (Å²) in [5.74, 6) is -2.94. The van der Waals surface area contributed by atoms with Gasteiger partial charge in [-0.25, -0.2) is 14.0 Å². The lowest BCUT2D eigenvalue weighted by Gasteiger charge is -2.45. The topological polar surface area (TPSA) is 100 Å². The van der Waals surface area contributed by atoms with E-state index in [4.69, 9.17) is 19.4 Å². The number of benzene rings is 2. The highest BCUT2D eigenvalue weighted by Gasteiger charge is 2.50. The second-order valence-electron chi connectivity index (χ2n) is 10.0. The molecule has 2 aromatic rings. The van der Waals surface area contributed by atoms with Gasteiger partial charge in [0.1, 0.15) is 0 Å². The normalized spacial score (nSPS) is 22.3. The smallest absolute Gasteiger partial charge is 0.490 e. The molecule has 1 aliphatic carbocycles. The van der Waals surface area contributed by atoms with E-state index in [1.807, 2.05) is 19.2 Å². The molecule has 0 unspecified atom stereocenters. The van der Waals surface area contributed by atoms with Crippen molar-refractivity contribution >= 4 is 17.7 Å². The quantitative estimate of drug-likeness (QED) is 0.370. The van der Waals surface area contributed by atoms with Gasteiger partial charge in [-0.2, -0.15) is 26.3 Å². The number of hydrogen-bond donors (Lipinski definition) is 3. The minimum atomic E-state index is -5.08. The highest BCUT2D eigenvalue weighted by molar-refractivity contribution is 5.89. The number of urea groups is 1. The molecule has 2 aromatic carbocycles. The van der Waals surface area contributed by atoms with Gasteiger partial charge in [-0.05, 0) is 69.1 Å². The van der Waals surface area contributed by atoms with Crippen molar-refractivity contribution < 1.29 is 54.9 Å². The van der Waals surface area contributed by atoms with Crippen LogP contribution in [0.15, 0.2) is 36.4 Å². The van der Waals surface area contributed by atoms with Crippen LogP contribution in [0.2, 0.25) is 0 Å². The summed E-state index contributed by atoms with van der Waals surface area (Å²) in [4.78, 5) is 23.7. The number of likely N-dealkylation sites (tertiary alicyclic amines) is 1. The van der Waals surface area contributed by atoms with E-state index >= 15 is 0 Å². The summed E-state index contributed by atoms with van der Waals surface area (Å²) < 4.78 is 95.8. The molecule has 2 amide bonds. The lowest BCUT2D eigenvalue weighted by molar-refractivity contribution is -0.192. The van der Waals surface area contributed by atoms with E-state index in [-0.39, 0.29) is 17.5 Å². The van der Waals surface area contributed by atoms with E-state index < -0.39 is 41.4 Å². The summed E-state index contributed by atoms with van der Waals surface area (Å²) in [7, 11) is 5.24. The van der Waals surface area contributed by atoms with Crippen molar-refractivity contribution in [2.75, 3.05) is 33.1 Å². The highest BCUT2D eigenvalue weighted by Crippen LogP contribution is 2.50. The molecule has 232 valence electrons. The SMILES string of the molecule is COc1ccc([C@@]23CC[C@@H](NC(=O)Nc4cccc(C(F)(F)F)c4F)C[C@@H]2N(C)CC3)cc1OC.O=C(O)C(F)(F)F. The predicted molar refractivity (Wildman–Crippen MR) is 137 cm³/mol. The van der Waals surface area contributed by atoms with Gasteiger partial charge in [-0.15, -0.1) is 0 Å². The Hall–Kier alpha value is -3.75. The number of methoxy groups -OCH3 is 2. The molecule has 1 heterocycles. The number of nitrogens with zero attached hydrogens (tertiary/aromatic N) is 1. The lowest BCUT2D eigenvalue weighted by Crippen LogP contribution is -2.52. The van der Waals surface area contributed by atoms with Gasteiger partial charge >= 0.3 is 24.4 Å². The number of alkyl halides is 6. The number of fused-ring (bicyclic) bond motifs is 1. The number of halogens is 7. The first-order valence-corrected chi connectivity index (χ1v) is 12.7. The van der Waals surface area contributed by atoms with Crippen LogP contribution >= 0.6 is 0 Å². The summed E-state index contributed by atoms with van der Waals surface area (Å²) >= 11 is 0. The van der Waals surface area contributed by atoms with Crippen molar-refractivity contribution in [1.29, 1.82) is 0 Å². The number of likely N-dealkylation sites (N-methyl/N-ethyl adjacent to an activating group) is 1. The van der Waals surface area contributed by atoms with Gasteiger partial charge in [-0.3, -0.25) is 0 Å². The number of ether oxygens (including phenoxy) is 2.